The van der Waals surface area contributed by atoms with Crippen LogP contribution in [-0.2, 0) is 11.8 Å². The molecule has 3 rings (SSSR count). The van der Waals surface area contributed by atoms with Gasteiger partial charge in [0.1, 0.15) is 5.56 Å². The topological polar surface area (TPSA) is 51.5 Å². The Kier molecular flexibility index (Phi) is 3.38. The molecular formula is C15H20N2O3. The minimum absolute atomic E-state index is 0.117. The van der Waals surface area contributed by atoms with E-state index in [1.165, 1.54) is 4.57 Å². The summed E-state index contributed by atoms with van der Waals surface area (Å²) < 4.78 is 6.90. The van der Waals surface area contributed by atoms with E-state index in [-0.39, 0.29) is 35.2 Å². The predicted molar refractivity (Wildman–Crippen MR) is 74.7 cm³/mol. The molecule has 5 heteroatoms. The molecule has 1 unspecified atom stereocenters. The van der Waals surface area contributed by atoms with Gasteiger partial charge in [-0.25, -0.2) is 0 Å². The predicted octanol–water partition coefficient (Wildman–Crippen LogP) is 1.17. The largest absolute Gasteiger partial charge is 0.381 e. The molecule has 0 spiro atoms. The molecule has 0 aliphatic carbocycles. The van der Waals surface area contributed by atoms with Gasteiger partial charge < -0.3 is 14.2 Å². The Balaban J connectivity index is 1.89. The Bertz CT molecular complexity index is 567. The number of fused-ring (bicyclic) bond motifs is 2. The van der Waals surface area contributed by atoms with Crippen molar-refractivity contribution >= 4 is 5.91 Å². The average Bonchev–Trinajstić information content (AvgIpc) is 2.71. The Labute approximate surface area is 118 Å². The van der Waals surface area contributed by atoms with Gasteiger partial charge in [-0.15, -0.1) is 0 Å². The van der Waals surface area contributed by atoms with Crippen molar-refractivity contribution in [3.63, 3.8) is 0 Å². The van der Waals surface area contributed by atoms with E-state index in [0.717, 1.165) is 25.7 Å². The number of carbonyl (C=O) groups excluding carboxylic acids is 1. The second-order valence-electron chi connectivity index (χ2n) is 5.76. The molecule has 108 valence electrons. The van der Waals surface area contributed by atoms with E-state index in [0.29, 0.717) is 0 Å². The third kappa shape index (κ3) is 2.06. The number of ether oxygens (including phenoxy) is 1. The molecule has 2 saturated heterocycles. The van der Waals surface area contributed by atoms with E-state index in [1.54, 1.807) is 32.5 Å². The normalized spacial score (nSPS) is 28.7. The number of aromatic nitrogens is 1. The Morgan fingerprint density at radius 3 is 2.55 bits per heavy atom. The van der Waals surface area contributed by atoms with E-state index in [1.807, 2.05) is 4.90 Å². The molecule has 20 heavy (non-hydrogen) atoms. The minimum Gasteiger partial charge on any atom is -0.381 e. The van der Waals surface area contributed by atoms with Gasteiger partial charge in [-0.05, 0) is 37.8 Å². The fourth-order valence-electron chi connectivity index (χ4n) is 3.55. The van der Waals surface area contributed by atoms with Crippen LogP contribution in [0.3, 0.4) is 0 Å². The summed E-state index contributed by atoms with van der Waals surface area (Å²) in [6.07, 6.45) is 5.71. The van der Waals surface area contributed by atoms with Crippen LogP contribution in [0.1, 0.15) is 36.0 Å². The molecule has 1 aromatic rings. The number of rotatable bonds is 2. The van der Waals surface area contributed by atoms with Crippen molar-refractivity contribution in [1.82, 2.24) is 9.47 Å². The number of piperidine rings is 1. The van der Waals surface area contributed by atoms with Gasteiger partial charge >= 0.3 is 0 Å². The number of methoxy groups -OCH3 is 1. The number of nitrogens with zero attached hydrogens (tertiary/aromatic N) is 2. The van der Waals surface area contributed by atoms with Crippen molar-refractivity contribution in [3.8, 4) is 0 Å². The lowest BCUT2D eigenvalue weighted by Crippen LogP contribution is -2.49. The molecule has 5 nitrogen and oxygen atoms in total. The zero-order valence-corrected chi connectivity index (χ0v) is 11.9. The first-order chi connectivity index (χ1) is 9.61. The van der Waals surface area contributed by atoms with E-state index in [9.17, 15) is 9.59 Å². The van der Waals surface area contributed by atoms with E-state index in [4.69, 9.17) is 4.74 Å². The second kappa shape index (κ2) is 5.05. The van der Waals surface area contributed by atoms with Crippen LogP contribution in [-0.4, -0.2) is 40.7 Å². The highest BCUT2D eigenvalue weighted by molar-refractivity contribution is 5.94. The highest BCUT2D eigenvalue weighted by Crippen LogP contribution is 2.37. The number of amides is 1. The minimum atomic E-state index is -0.217. The fourth-order valence-corrected chi connectivity index (χ4v) is 3.55. The summed E-state index contributed by atoms with van der Waals surface area (Å²) in [5.41, 5.74) is 0.0635. The number of hydrogen-bond donors (Lipinski definition) is 0. The van der Waals surface area contributed by atoms with Crippen LogP contribution >= 0.6 is 0 Å². The molecule has 3 heterocycles. The molecule has 2 aliphatic rings. The summed E-state index contributed by atoms with van der Waals surface area (Å²) in [7, 11) is 3.40. The maximum atomic E-state index is 12.7. The van der Waals surface area contributed by atoms with Gasteiger partial charge in [0.25, 0.3) is 11.5 Å². The first-order valence-electron chi connectivity index (χ1n) is 7.13. The van der Waals surface area contributed by atoms with Crippen molar-refractivity contribution in [1.29, 1.82) is 0 Å². The Hall–Kier alpha value is -1.62. The maximum Gasteiger partial charge on any atom is 0.263 e. The van der Waals surface area contributed by atoms with Gasteiger partial charge in [-0.3, -0.25) is 9.59 Å². The number of aryl methyl sites for hydroxylation is 1. The standard InChI is InChI=1S/C15H20N2O3/c1-16-7-3-4-13(14(16)18)15(19)17-10-5-6-11(17)9-12(8-10)20-2/h3-4,7,10-12H,5-6,8-9H2,1-2H3/t10-,11+,12?. The second-order valence-corrected chi connectivity index (χ2v) is 5.76. The van der Waals surface area contributed by atoms with Crippen LogP contribution in [0.5, 0.6) is 0 Å². The van der Waals surface area contributed by atoms with Crippen LogP contribution in [0.2, 0.25) is 0 Å². The maximum absolute atomic E-state index is 12.7. The van der Waals surface area contributed by atoms with Crippen molar-refractivity contribution in [2.45, 2.75) is 43.9 Å². The van der Waals surface area contributed by atoms with Crippen LogP contribution in [0, 0.1) is 0 Å². The van der Waals surface area contributed by atoms with Gasteiger partial charge in [0, 0.05) is 32.4 Å². The van der Waals surface area contributed by atoms with E-state index < -0.39 is 0 Å². The molecule has 0 saturated carbocycles. The highest BCUT2D eigenvalue weighted by Gasteiger charge is 2.43. The van der Waals surface area contributed by atoms with Gasteiger partial charge in [0.05, 0.1) is 6.10 Å². The van der Waals surface area contributed by atoms with Crippen LogP contribution in [0.25, 0.3) is 0 Å². The van der Waals surface area contributed by atoms with Crippen molar-refractivity contribution in [3.05, 3.63) is 34.2 Å². The lowest BCUT2D eigenvalue weighted by atomic mass is 9.98. The third-order valence-electron chi connectivity index (χ3n) is 4.61. The van der Waals surface area contributed by atoms with Crippen LogP contribution in [0.4, 0.5) is 0 Å². The fraction of sp³-hybridized carbons (Fsp3) is 0.600. The van der Waals surface area contributed by atoms with Gasteiger partial charge in [-0.1, -0.05) is 0 Å². The SMILES string of the molecule is COC1C[C@H]2CC[C@@H](C1)N2C(=O)c1cccn(C)c1=O. The monoisotopic (exact) mass is 276 g/mol. The first-order valence-corrected chi connectivity index (χ1v) is 7.13. The van der Waals surface area contributed by atoms with Crippen LogP contribution in [0.15, 0.2) is 23.1 Å². The zero-order valence-electron chi connectivity index (χ0n) is 11.9. The molecule has 0 aromatic carbocycles. The van der Waals surface area contributed by atoms with E-state index >= 15 is 0 Å². The molecule has 0 radical (unpaired) electrons. The summed E-state index contributed by atoms with van der Waals surface area (Å²) in [5.74, 6) is -0.117. The first kappa shape index (κ1) is 13.4. The zero-order chi connectivity index (χ0) is 14.3. The quantitative estimate of drug-likeness (QED) is 0.814. The molecule has 2 bridgehead atoms. The smallest absolute Gasteiger partial charge is 0.263 e. The number of carbonyl (C=O) groups is 1. The summed E-state index contributed by atoms with van der Waals surface area (Å²) in [5, 5.41) is 0. The van der Waals surface area contributed by atoms with Crippen molar-refractivity contribution in [2.75, 3.05) is 7.11 Å². The lowest BCUT2D eigenvalue weighted by Gasteiger charge is -2.38. The molecule has 3 atom stereocenters. The van der Waals surface area contributed by atoms with Gasteiger partial charge in [0.2, 0.25) is 0 Å². The molecule has 0 N–H and O–H groups in total. The highest BCUT2D eigenvalue weighted by atomic mass is 16.5. The lowest BCUT2D eigenvalue weighted by molar-refractivity contribution is 0.00811. The Morgan fingerprint density at radius 2 is 1.95 bits per heavy atom. The summed E-state index contributed by atoms with van der Waals surface area (Å²) in [4.78, 5) is 26.7. The third-order valence-corrected chi connectivity index (χ3v) is 4.61. The number of pyridine rings is 1. The van der Waals surface area contributed by atoms with Crippen LogP contribution < -0.4 is 5.56 Å². The van der Waals surface area contributed by atoms with Gasteiger partial charge in [0.15, 0.2) is 0 Å². The average molecular weight is 276 g/mol. The molecule has 2 aliphatic heterocycles. The summed E-state index contributed by atoms with van der Waals surface area (Å²) in [6, 6.07) is 3.82. The number of hydrogen-bond acceptors (Lipinski definition) is 3. The summed E-state index contributed by atoms with van der Waals surface area (Å²) >= 11 is 0. The van der Waals surface area contributed by atoms with E-state index in [2.05, 4.69) is 0 Å². The Morgan fingerprint density at radius 1 is 1.30 bits per heavy atom. The molecule has 2 fully saturated rings. The molecule has 1 amide bonds. The summed E-state index contributed by atoms with van der Waals surface area (Å²) in [6.45, 7) is 0. The van der Waals surface area contributed by atoms with Gasteiger partial charge in [-0.2, -0.15) is 0 Å². The van der Waals surface area contributed by atoms with Crippen molar-refractivity contribution in [2.24, 2.45) is 7.05 Å². The molecular weight excluding hydrogens is 256 g/mol. The van der Waals surface area contributed by atoms with Crippen molar-refractivity contribution < 1.29 is 9.53 Å². The molecule has 1 aromatic heterocycles.